The van der Waals surface area contributed by atoms with E-state index < -0.39 is 0 Å². The predicted molar refractivity (Wildman–Crippen MR) is 104 cm³/mol. The van der Waals surface area contributed by atoms with Crippen molar-refractivity contribution in [3.8, 4) is 5.75 Å². The summed E-state index contributed by atoms with van der Waals surface area (Å²) in [4.78, 5) is 4.68. The summed E-state index contributed by atoms with van der Waals surface area (Å²) >= 11 is 1.86. The van der Waals surface area contributed by atoms with E-state index >= 15 is 0 Å². The molecule has 0 saturated heterocycles. The summed E-state index contributed by atoms with van der Waals surface area (Å²) in [5.74, 6) is 2.89. The molecule has 136 valence electrons. The fraction of sp³-hybridized carbons (Fsp3) is 0.611. The Labute approximate surface area is 150 Å². The molecule has 1 aromatic carbocycles. The highest BCUT2D eigenvalue weighted by Crippen LogP contribution is 2.21. The summed E-state index contributed by atoms with van der Waals surface area (Å²) in [6, 6.07) is 6.23. The molecule has 0 aliphatic carbocycles. The Morgan fingerprint density at radius 3 is 2.79 bits per heavy atom. The first-order chi connectivity index (χ1) is 11.7. The normalized spacial score (nSPS) is 11.4. The molecule has 0 radical (unpaired) electrons. The van der Waals surface area contributed by atoms with E-state index in [9.17, 15) is 0 Å². The fourth-order valence-electron chi connectivity index (χ4n) is 2.09. The first-order valence-electron chi connectivity index (χ1n) is 8.43. The monoisotopic (exact) mass is 353 g/mol. The Kier molecular flexibility index (Phi) is 11.1. The maximum absolute atomic E-state index is 5.83. The van der Waals surface area contributed by atoms with Crippen molar-refractivity contribution in [2.24, 2.45) is 4.99 Å². The molecular formula is C18H31N3O2S. The predicted octanol–water partition coefficient (Wildman–Crippen LogP) is 2.83. The second-order valence-electron chi connectivity index (χ2n) is 5.42. The van der Waals surface area contributed by atoms with Gasteiger partial charge < -0.3 is 20.1 Å². The van der Waals surface area contributed by atoms with Crippen molar-refractivity contribution >= 4 is 17.7 Å². The van der Waals surface area contributed by atoms with Gasteiger partial charge in [0.2, 0.25) is 0 Å². The van der Waals surface area contributed by atoms with Crippen LogP contribution in [0.5, 0.6) is 5.75 Å². The number of nitrogens with one attached hydrogen (secondary N) is 2. The highest BCUT2D eigenvalue weighted by atomic mass is 32.2. The third kappa shape index (κ3) is 8.45. The lowest BCUT2D eigenvalue weighted by Gasteiger charge is -2.13. The van der Waals surface area contributed by atoms with Gasteiger partial charge in [0.25, 0.3) is 0 Å². The van der Waals surface area contributed by atoms with E-state index in [-0.39, 0.29) is 0 Å². The van der Waals surface area contributed by atoms with Crippen LogP contribution in [0.1, 0.15) is 24.5 Å². The van der Waals surface area contributed by atoms with Crippen molar-refractivity contribution in [1.82, 2.24) is 10.6 Å². The van der Waals surface area contributed by atoms with Gasteiger partial charge >= 0.3 is 0 Å². The molecule has 5 nitrogen and oxygen atoms in total. The van der Waals surface area contributed by atoms with Crippen LogP contribution in [0.3, 0.4) is 0 Å². The van der Waals surface area contributed by atoms with Gasteiger partial charge in [-0.05, 0) is 43.9 Å². The molecule has 2 N–H and O–H groups in total. The van der Waals surface area contributed by atoms with E-state index in [1.54, 1.807) is 7.11 Å². The average Bonchev–Trinajstić information content (AvgIpc) is 2.58. The lowest BCUT2D eigenvalue weighted by atomic mass is 10.1. The molecule has 0 spiro atoms. The van der Waals surface area contributed by atoms with Gasteiger partial charge in [-0.15, -0.1) is 0 Å². The van der Waals surface area contributed by atoms with Crippen LogP contribution in [0.4, 0.5) is 0 Å². The molecule has 1 aromatic rings. The SMILES string of the molecule is CCNC(=NCc1ccc(C)cc1OCCOC)NCCCSC. The molecule has 6 heteroatoms. The van der Waals surface area contributed by atoms with E-state index in [1.807, 2.05) is 11.8 Å². The number of hydrogen-bond acceptors (Lipinski definition) is 4. The van der Waals surface area contributed by atoms with Gasteiger partial charge in [0.1, 0.15) is 12.4 Å². The largest absolute Gasteiger partial charge is 0.491 e. The summed E-state index contributed by atoms with van der Waals surface area (Å²) in [7, 11) is 1.68. The van der Waals surface area contributed by atoms with Crippen LogP contribution in [0.25, 0.3) is 0 Å². The number of ether oxygens (including phenoxy) is 2. The van der Waals surface area contributed by atoms with Crippen LogP contribution in [0.2, 0.25) is 0 Å². The molecule has 1 rings (SSSR count). The highest BCUT2D eigenvalue weighted by molar-refractivity contribution is 7.98. The van der Waals surface area contributed by atoms with Crippen molar-refractivity contribution in [3.63, 3.8) is 0 Å². The molecule has 24 heavy (non-hydrogen) atoms. The number of hydrogen-bond donors (Lipinski definition) is 2. The molecule has 0 unspecified atom stereocenters. The topological polar surface area (TPSA) is 54.9 Å². The van der Waals surface area contributed by atoms with E-state index in [0.29, 0.717) is 19.8 Å². The second-order valence-corrected chi connectivity index (χ2v) is 6.41. The number of benzene rings is 1. The summed E-state index contributed by atoms with van der Waals surface area (Å²) in [6.45, 7) is 7.62. The summed E-state index contributed by atoms with van der Waals surface area (Å²) < 4.78 is 10.9. The molecule has 0 atom stereocenters. The first kappa shape index (κ1) is 20.6. The molecule has 0 saturated carbocycles. The van der Waals surface area contributed by atoms with Crippen molar-refractivity contribution in [2.75, 3.05) is 45.4 Å². The number of aryl methyl sites for hydroxylation is 1. The lowest BCUT2D eigenvalue weighted by Crippen LogP contribution is -2.37. The Bertz CT molecular complexity index is 495. The van der Waals surface area contributed by atoms with Crippen molar-refractivity contribution in [2.45, 2.75) is 26.8 Å². The van der Waals surface area contributed by atoms with Crippen LogP contribution < -0.4 is 15.4 Å². The zero-order chi connectivity index (χ0) is 17.6. The minimum atomic E-state index is 0.545. The molecule has 0 fully saturated rings. The third-order valence-corrected chi connectivity index (χ3v) is 4.03. The molecule has 0 aliphatic rings. The lowest BCUT2D eigenvalue weighted by molar-refractivity contribution is 0.145. The van der Waals surface area contributed by atoms with Gasteiger partial charge in [-0.2, -0.15) is 11.8 Å². The Morgan fingerprint density at radius 2 is 2.08 bits per heavy atom. The fourth-order valence-corrected chi connectivity index (χ4v) is 2.52. The molecule has 0 aromatic heterocycles. The van der Waals surface area contributed by atoms with E-state index in [1.165, 1.54) is 5.56 Å². The van der Waals surface area contributed by atoms with Crippen molar-refractivity contribution < 1.29 is 9.47 Å². The Balaban J connectivity index is 2.69. The quantitative estimate of drug-likeness (QED) is 0.364. The van der Waals surface area contributed by atoms with Crippen molar-refractivity contribution in [1.29, 1.82) is 0 Å². The first-order valence-corrected chi connectivity index (χ1v) is 9.83. The molecule has 0 bridgehead atoms. The van der Waals surface area contributed by atoms with E-state index in [0.717, 1.165) is 42.5 Å². The molecule has 0 amide bonds. The smallest absolute Gasteiger partial charge is 0.191 e. The van der Waals surface area contributed by atoms with Gasteiger partial charge in [-0.25, -0.2) is 4.99 Å². The second kappa shape index (κ2) is 13.0. The maximum Gasteiger partial charge on any atom is 0.191 e. The average molecular weight is 354 g/mol. The Morgan fingerprint density at radius 1 is 1.25 bits per heavy atom. The van der Waals surface area contributed by atoms with Crippen LogP contribution in [-0.2, 0) is 11.3 Å². The van der Waals surface area contributed by atoms with Crippen LogP contribution in [-0.4, -0.2) is 51.4 Å². The van der Waals surface area contributed by atoms with Crippen LogP contribution >= 0.6 is 11.8 Å². The van der Waals surface area contributed by atoms with Crippen LogP contribution in [0, 0.1) is 6.92 Å². The van der Waals surface area contributed by atoms with Crippen LogP contribution in [0.15, 0.2) is 23.2 Å². The van der Waals surface area contributed by atoms with Gasteiger partial charge in [0.05, 0.1) is 13.2 Å². The number of guanidine groups is 1. The number of methoxy groups -OCH3 is 1. The summed E-state index contributed by atoms with van der Waals surface area (Å²) in [5, 5.41) is 6.66. The van der Waals surface area contributed by atoms with Gasteiger partial charge in [-0.3, -0.25) is 0 Å². The van der Waals surface area contributed by atoms with Crippen molar-refractivity contribution in [3.05, 3.63) is 29.3 Å². The highest BCUT2D eigenvalue weighted by Gasteiger charge is 2.05. The van der Waals surface area contributed by atoms with Gasteiger partial charge in [0, 0.05) is 25.8 Å². The summed E-state index contributed by atoms with van der Waals surface area (Å²) in [6.07, 6.45) is 3.25. The standard InChI is InChI=1S/C18H31N3O2S/c1-5-19-18(20-9-6-12-24-4)21-14-16-8-7-15(2)13-17(16)23-11-10-22-3/h7-8,13H,5-6,9-12,14H2,1-4H3,(H2,19,20,21). The number of aliphatic imine (C=N–C) groups is 1. The zero-order valence-corrected chi connectivity index (χ0v) is 16.2. The number of nitrogens with zero attached hydrogens (tertiary/aromatic N) is 1. The number of rotatable bonds is 11. The molecular weight excluding hydrogens is 322 g/mol. The minimum absolute atomic E-state index is 0.545. The summed E-state index contributed by atoms with van der Waals surface area (Å²) in [5.41, 5.74) is 2.26. The third-order valence-electron chi connectivity index (χ3n) is 3.34. The van der Waals surface area contributed by atoms with Gasteiger partial charge in [-0.1, -0.05) is 12.1 Å². The van der Waals surface area contributed by atoms with E-state index in [2.05, 4.69) is 53.9 Å². The van der Waals surface area contributed by atoms with Gasteiger partial charge in [0.15, 0.2) is 5.96 Å². The molecule has 0 aliphatic heterocycles. The number of thioether (sulfide) groups is 1. The zero-order valence-electron chi connectivity index (χ0n) is 15.4. The Hall–Kier alpha value is -1.40. The van der Waals surface area contributed by atoms with E-state index in [4.69, 9.17) is 9.47 Å². The molecule has 0 heterocycles. The maximum atomic E-state index is 5.83. The minimum Gasteiger partial charge on any atom is -0.491 e.